The highest BCUT2D eigenvalue weighted by Crippen LogP contribution is 2.30. The molecule has 1 N–H and O–H groups in total. The summed E-state index contributed by atoms with van der Waals surface area (Å²) >= 11 is 0. The fourth-order valence-electron chi connectivity index (χ4n) is 2.42. The SMILES string of the molecule is Cn1cncc1CN1CCCC(C)(C(=O)O)C1. The fourth-order valence-corrected chi connectivity index (χ4v) is 2.42. The predicted molar refractivity (Wildman–Crippen MR) is 63.5 cm³/mol. The number of rotatable bonds is 3. The molecule has 1 aliphatic rings. The quantitative estimate of drug-likeness (QED) is 0.855. The Balaban J connectivity index is 2.03. The number of hydrogen-bond acceptors (Lipinski definition) is 3. The van der Waals surface area contributed by atoms with Crippen LogP contribution in [0.25, 0.3) is 0 Å². The van der Waals surface area contributed by atoms with Gasteiger partial charge in [0, 0.05) is 26.3 Å². The lowest BCUT2D eigenvalue weighted by molar-refractivity contribution is -0.151. The third-order valence-electron chi connectivity index (χ3n) is 3.59. The van der Waals surface area contributed by atoms with Crippen LogP contribution in [0.1, 0.15) is 25.5 Å². The monoisotopic (exact) mass is 237 g/mol. The number of carboxylic acids is 1. The maximum Gasteiger partial charge on any atom is 0.310 e. The van der Waals surface area contributed by atoms with Crippen LogP contribution in [-0.4, -0.2) is 38.6 Å². The number of likely N-dealkylation sites (tertiary alicyclic amines) is 1. The van der Waals surface area contributed by atoms with Crippen molar-refractivity contribution < 1.29 is 9.90 Å². The van der Waals surface area contributed by atoms with Crippen LogP contribution < -0.4 is 0 Å². The van der Waals surface area contributed by atoms with E-state index in [1.54, 1.807) is 6.33 Å². The molecule has 0 radical (unpaired) electrons. The number of carboxylic acid groups (broad SMARTS) is 1. The van der Waals surface area contributed by atoms with Crippen molar-refractivity contribution in [2.45, 2.75) is 26.3 Å². The average molecular weight is 237 g/mol. The van der Waals surface area contributed by atoms with Crippen molar-refractivity contribution in [3.63, 3.8) is 0 Å². The summed E-state index contributed by atoms with van der Waals surface area (Å²) in [5.41, 5.74) is 0.524. The van der Waals surface area contributed by atoms with Gasteiger partial charge in [0.15, 0.2) is 0 Å². The van der Waals surface area contributed by atoms with Crippen molar-refractivity contribution in [2.24, 2.45) is 12.5 Å². The normalized spacial score (nSPS) is 26.0. The molecule has 0 amide bonds. The molecule has 0 aliphatic carbocycles. The Morgan fingerprint density at radius 3 is 3.00 bits per heavy atom. The van der Waals surface area contributed by atoms with E-state index < -0.39 is 11.4 Å². The van der Waals surface area contributed by atoms with Crippen molar-refractivity contribution >= 4 is 5.97 Å². The van der Waals surface area contributed by atoms with Gasteiger partial charge in [0.05, 0.1) is 17.4 Å². The zero-order valence-corrected chi connectivity index (χ0v) is 10.4. The summed E-state index contributed by atoms with van der Waals surface area (Å²) in [6.45, 7) is 4.20. The smallest absolute Gasteiger partial charge is 0.310 e. The maximum atomic E-state index is 11.2. The van der Waals surface area contributed by atoms with E-state index in [-0.39, 0.29) is 0 Å². The molecule has 0 saturated carbocycles. The van der Waals surface area contributed by atoms with Crippen molar-refractivity contribution in [3.05, 3.63) is 18.2 Å². The molecule has 1 atom stereocenters. The lowest BCUT2D eigenvalue weighted by atomic mass is 9.82. The molecule has 0 aromatic carbocycles. The van der Waals surface area contributed by atoms with Crippen LogP contribution in [0, 0.1) is 5.41 Å². The topological polar surface area (TPSA) is 58.4 Å². The largest absolute Gasteiger partial charge is 0.481 e. The Hall–Kier alpha value is -1.36. The van der Waals surface area contributed by atoms with E-state index in [0.717, 1.165) is 31.6 Å². The van der Waals surface area contributed by atoms with Crippen LogP contribution in [-0.2, 0) is 18.4 Å². The number of aryl methyl sites for hydroxylation is 1. The van der Waals surface area contributed by atoms with Crippen molar-refractivity contribution in [2.75, 3.05) is 13.1 Å². The highest BCUT2D eigenvalue weighted by atomic mass is 16.4. The summed E-state index contributed by atoms with van der Waals surface area (Å²) in [4.78, 5) is 17.5. The molecule has 1 fully saturated rings. The minimum Gasteiger partial charge on any atom is -0.481 e. The van der Waals surface area contributed by atoms with E-state index in [1.165, 1.54) is 0 Å². The number of piperidine rings is 1. The van der Waals surface area contributed by atoms with Crippen LogP contribution in [0.5, 0.6) is 0 Å². The van der Waals surface area contributed by atoms with E-state index >= 15 is 0 Å². The molecule has 1 aromatic rings. The third-order valence-corrected chi connectivity index (χ3v) is 3.59. The van der Waals surface area contributed by atoms with Gasteiger partial charge in [0.1, 0.15) is 0 Å². The van der Waals surface area contributed by atoms with Gasteiger partial charge in [-0.05, 0) is 26.3 Å². The zero-order chi connectivity index (χ0) is 12.5. The first-order chi connectivity index (χ1) is 8.01. The van der Waals surface area contributed by atoms with Crippen molar-refractivity contribution in [1.82, 2.24) is 14.5 Å². The zero-order valence-electron chi connectivity index (χ0n) is 10.4. The fraction of sp³-hybridized carbons (Fsp3) is 0.667. The summed E-state index contributed by atoms with van der Waals surface area (Å²) in [7, 11) is 1.96. The second kappa shape index (κ2) is 4.49. The number of nitrogens with zero attached hydrogens (tertiary/aromatic N) is 3. The minimum absolute atomic E-state index is 0.600. The highest BCUT2D eigenvalue weighted by Gasteiger charge is 2.37. The van der Waals surface area contributed by atoms with Gasteiger partial charge in [-0.2, -0.15) is 0 Å². The molecule has 1 saturated heterocycles. The molecule has 1 aliphatic heterocycles. The minimum atomic E-state index is -0.688. The molecule has 5 nitrogen and oxygen atoms in total. The average Bonchev–Trinajstić information content (AvgIpc) is 2.64. The first kappa shape index (κ1) is 12.1. The summed E-state index contributed by atoms with van der Waals surface area (Å²) in [5.74, 6) is -0.688. The van der Waals surface area contributed by atoms with Gasteiger partial charge in [-0.15, -0.1) is 0 Å². The van der Waals surface area contributed by atoms with Crippen LogP contribution >= 0.6 is 0 Å². The number of hydrogen-bond donors (Lipinski definition) is 1. The molecular formula is C12H19N3O2. The van der Waals surface area contributed by atoms with Crippen LogP contribution in [0.4, 0.5) is 0 Å². The third kappa shape index (κ3) is 2.49. The summed E-state index contributed by atoms with van der Waals surface area (Å²) < 4.78 is 1.98. The lowest BCUT2D eigenvalue weighted by Crippen LogP contribution is -2.45. The number of imidazole rings is 1. The van der Waals surface area contributed by atoms with E-state index in [2.05, 4.69) is 9.88 Å². The van der Waals surface area contributed by atoms with Gasteiger partial charge in [-0.3, -0.25) is 9.69 Å². The summed E-state index contributed by atoms with van der Waals surface area (Å²) in [6, 6.07) is 0. The van der Waals surface area contributed by atoms with E-state index in [9.17, 15) is 9.90 Å². The van der Waals surface area contributed by atoms with Crippen LogP contribution in [0.15, 0.2) is 12.5 Å². The van der Waals surface area contributed by atoms with Gasteiger partial charge >= 0.3 is 5.97 Å². The Kier molecular flexibility index (Phi) is 3.19. The number of carbonyl (C=O) groups is 1. The molecule has 94 valence electrons. The Morgan fingerprint density at radius 2 is 2.41 bits per heavy atom. The molecule has 2 heterocycles. The van der Waals surface area contributed by atoms with Gasteiger partial charge in [0.25, 0.3) is 0 Å². The second-order valence-electron chi connectivity index (χ2n) is 5.18. The first-order valence-corrected chi connectivity index (χ1v) is 5.92. The molecule has 0 spiro atoms. The van der Waals surface area contributed by atoms with Gasteiger partial charge < -0.3 is 9.67 Å². The highest BCUT2D eigenvalue weighted by molar-refractivity contribution is 5.74. The molecule has 1 aromatic heterocycles. The first-order valence-electron chi connectivity index (χ1n) is 5.92. The predicted octanol–water partition coefficient (Wildman–Crippen LogP) is 1.11. The van der Waals surface area contributed by atoms with E-state index in [4.69, 9.17) is 0 Å². The molecular weight excluding hydrogens is 218 g/mol. The number of aromatic nitrogens is 2. The standard InChI is InChI=1S/C12H19N3O2/c1-12(11(16)17)4-3-5-15(8-12)7-10-6-13-9-14(10)2/h6,9H,3-5,7-8H2,1-2H3,(H,16,17). The van der Waals surface area contributed by atoms with Crippen molar-refractivity contribution in [3.8, 4) is 0 Å². The molecule has 2 rings (SSSR count). The number of aliphatic carboxylic acids is 1. The molecule has 5 heteroatoms. The van der Waals surface area contributed by atoms with E-state index in [0.29, 0.717) is 6.54 Å². The second-order valence-corrected chi connectivity index (χ2v) is 5.18. The van der Waals surface area contributed by atoms with E-state index in [1.807, 2.05) is 24.7 Å². The maximum absolute atomic E-state index is 11.2. The van der Waals surface area contributed by atoms with Gasteiger partial charge in [0.2, 0.25) is 0 Å². The Bertz CT molecular complexity index is 416. The van der Waals surface area contributed by atoms with Crippen molar-refractivity contribution in [1.29, 1.82) is 0 Å². The van der Waals surface area contributed by atoms with Gasteiger partial charge in [-0.1, -0.05) is 0 Å². The summed E-state index contributed by atoms with van der Waals surface area (Å²) in [5, 5.41) is 9.25. The molecule has 1 unspecified atom stereocenters. The molecule has 17 heavy (non-hydrogen) atoms. The Morgan fingerprint density at radius 1 is 1.65 bits per heavy atom. The molecule has 0 bridgehead atoms. The lowest BCUT2D eigenvalue weighted by Gasteiger charge is -2.37. The Labute approximate surface area is 101 Å². The van der Waals surface area contributed by atoms with Crippen LogP contribution in [0.2, 0.25) is 0 Å². The summed E-state index contributed by atoms with van der Waals surface area (Å²) in [6.07, 6.45) is 5.33. The van der Waals surface area contributed by atoms with Gasteiger partial charge in [-0.25, -0.2) is 4.98 Å². The van der Waals surface area contributed by atoms with Crippen LogP contribution in [0.3, 0.4) is 0 Å².